The van der Waals surface area contributed by atoms with Gasteiger partial charge in [-0.05, 0) is 25.7 Å². The summed E-state index contributed by atoms with van der Waals surface area (Å²) in [5.41, 5.74) is 2.52. The summed E-state index contributed by atoms with van der Waals surface area (Å²) < 4.78 is 8.76. The minimum absolute atomic E-state index is 0.0514. The standard InChI is InChI=1S/C17H30O/c1-5-9-13-14(10-6-2)16(12-8-4)17(18)15(13)11-7-3/h15-16H,5-12H2,1-4H3/t15-,16+/i15D/m1/s1. The van der Waals surface area contributed by atoms with Crippen molar-refractivity contribution in [1.29, 1.82) is 0 Å². The van der Waals surface area contributed by atoms with Crippen LogP contribution in [0, 0.1) is 11.8 Å². The molecule has 0 N–H and O–H groups in total. The molecule has 2 atom stereocenters. The van der Waals surface area contributed by atoms with E-state index in [1.165, 1.54) is 11.1 Å². The molecule has 1 aliphatic carbocycles. The lowest BCUT2D eigenvalue weighted by Gasteiger charge is -2.12. The molecule has 0 saturated heterocycles. The average molecular weight is 251 g/mol. The third kappa shape index (κ3) is 3.24. The number of carbonyl (C=O) groups is 1. The smallest absolute Gasteiger partial charge is 0.147 e. The zero-order chi connectivity index (χ0) is 14.5. The Hall–Kier alpha value is -0.590. The number of ketones is 1. The van der Waals surface area contributed by atoms with Gasteiger partial charge in [0.05, 0.1) is 0 Å². The maximum absolute atomic E-state index is 12.7. The van der Waals surface area contributed by atoms with E-state index in [2.05, 4.69) is 27.7 Å². The topological polar surface area (TPSA) is 17.1 Å². The van der Waals surface area contributed by atoms with E-state index in [1.54, 1.807) is 0 Å². The van der Waals surface area contributed by atoms with Crippen molar-refractivity contribution in [3.05, 3.63) is 11.1 Å². The Morgan fingerprint density at radius 1 is 0.889 bits per heavy atom. The first-order chi connectivity index (χ1) is 9.06. The van der Waals surface area contributed by atoms with Gasteiger partial charge in [-0.3, -0.25) is 4.79 Å². The second kappa shape index (κ2) is 7.76. The lowest BCUT2D eigenvalue weighted by molar-refractivity contribution is -0.123. The van der Waals surface area contributed by atoms with E-state index in [0.717, 1.165) is 44.9 Å². The van der Waals surface area contributed by atoms with Gasteiger partial charge in [0.15, 0.2) is 0 Å². The van der Waals surface area contributed by atoms with E-state index < -0.39 is 5.89 Å². The van der Waals surface area contributed by atoms with Gasteiger partial charge in [0.2, 0.25) is 0 Å². The van der Waals surface area contributed by atoms with Crippen molar-refractivity contribution >= 4 is 5.78 Å². The van der Waals surface area contributed by atoms with Crippen LogP contribution >= 0.6 is 0 Å². The summed E-state index contributed by atoms with van der Waals surface area (Å²) in [6.45, 7) is 8.55. The van der Waals surface area contributed by atoms with E-state index in [0.29, 0.717) is 6.42 Å². The van der Waals surface area contributed by atoms with Crippen LogP contribution in [0.1, 0.15) is 80.4 Å². The Balaban J connectivity index is 3.20. The summed E-state index contributed by atoms with van der Waals surface area (Å²) in [5, 5.41) is 0. The van der Waals surface area contributed by atoms with E-state index in [1.807, 2.05) is 0 Å². The fourth-order valence-corrected chi connectivity index (χ4v) is 3.20. The Bertz CT molecular complexity index is 345. The second-order valence-corrected chi connectivity index (χ2v) is 5.44. The maximum Gasteiger partial charge on any atom is 0.147 e. The number of Topliss-reactive ketones (excluding diaryl/α,β-unsaturated/α-hetero) is 1. The molecular weight excluding hydrogens is 220 g/mol. The molecule has 18 heavy (non-hydrogen) atoms. The predicted molar refractivity (Wildman–Crippen MR) is 78.6 cm³/mol. The lowest BCUT2D eigenvalue weighted by Crippen LogP contribution is -2.17. The number of allylic oxidation sites excluding steroid dienone is 2. The van der Waals surface area contributed by atoms with E-state index in [-0.39, 0.29) is 11.7 Å². The highest BCUT2D eigenvalue weighted by Gasteiger charge is 2.38. The SMILES string of the molecule is [2H][C@]1(CCC)C(=O)[C@@H](CCC)C(CCC)=C1CCC. The molecule has 0 spiro atoms. The van der Waals surface area contributed by atoms with Crippen LogP contribution < -0.4 is 0 Å². The first kappa shape index (κ1) is 13.8. The maximum atomic E-state index is 12.7. The van der Waals surface area contributed by atoms with Crippen molar-refractivity contribution in [2.75, 3.05) is 0 Å². The van der Waals surface area contributed by atoms with Gasteiger partial charge in [-0.15, -0.1) is 0 Å². The fraction of sp³-hybridized carbons (Fsp3) is 0.824. The Morgan fingerprint density at radius 3 is 1.94 bits per heavy atom. The molecule has 0 heterocycles. The largest absolute Gasteiger partial charge is 0.298 e. The predicted octanol–water partition coefficient (Wildman–Crippen LogP) is 5.30. The monoisotopic (exact) mass is 251 g/mol. The van der Waals surface area contributed by atoms with Gasteiger partial charge in [-0.2, -0.15) is 0 Å². The summed E-state index contributed by atoms with van der Waals surface area (Å²) in [7, 11) is 0. The third-order valence-electron chi connectivity index (χ3n) is 3.88. The van der Waals surface area contributed by atoms with Gasteiger partial charge in [0.25, 0.3) is 0 Å². The van der Waals surface area contributed by atoms with Gasteiger partial charge in [0.1, 0.15) is 5.78 Å². The molecule has 1 rings (SSSR count). The Labute approximate surface area is 114 Å². The Kier molecular flexibility index (Phi) is 5.96. The molecule has 0 aromatic rings. The van der Waals surface area contributed by atoms with Crippen LogP contribution in [0.3, 0.4) is 0 Å². The van der Waals surface area contributed by atoms with Gasteiger partial charge in [0, 0.05) is 13.2 Å². The van der Waals surface area contributed by atoms with Crippen molar-refractivity contribution in [3.8, 4) is 0 Å². The molecule has 0 amide bonds. The summed E-state index contributed by atoms with van der Waals surface area (Å²) in [4.78, 5) is 12.7. The molecule has 0 aromatic carbocycles. The van der Waals surface area contributed by atoms with Gasteiger partial charge < -0.3 is 0 Å². The molecule has 0 fully saturated rings. The van der Waals surface area contributed by atoms with Gasteiger partial charge in [-0.1, -0.05) is 64.5 Å². The molecule has 1 nitrogen and oxygen atoms in total. The molecule has 0 saturated carbocycles. The second-order valence-electron chi connectivity index (χ2n) is 5.44. The molecule has 1 heteroatoms. The first-order valence-electron chi connectivity index (χ1n) is 8.33. The van der Waals surface area contributed by atoms with Crippen LogP contribution in [0.5, 0.6) is 0 Å². The third-order valence-corrected chi connectivity index (χ3v) is 3.88. The van der Waals surface area contributed by atoms with E-state index >= 15 is 0 Å². The zero-order valence-corrected chi connectivity index (χ0v) is 12.6. The first-order valence-corrected chi connectivity index (χ1v) is 7.83. The van der Waals surface area contributed by atoms with Crippen LogP contribution in [-0.4, -0.2) is 5.78 Å². The number of carbonyl (C=O) groups excluding carboxylic acids is 1. The van der Waals surface area contributed by atoms with Gasteiger partial charge >= 0.3 is 0 Å². The van der Waals surface area contributed by atoms with Crippen molar-refractivity contribution in [2.24, 2.45) is 11.8 Å². The summed E-state index contributed by atoms with van der Waals surface area (Å²) >= 11 is 0. The highest BCUT2D eigenvalue weighted by molar-refractivity contribution is 5.92. The van der Waals surface area contributed by atoms with Crippen LogP contribution in [0.25, 0.3) is 0 Å². The summed E-state index contributed by atoms with van der Waals surface area (Å²) in [5.74, 6) is -0.645. The van der Waals surface area contributed by atoms with Crippen LogP contribution in [0.15, 0.2) is 11.1 Å². The lowest BCUT2D eigenvalue weighted by atomic mass is 9.90. The molecule has 0 aliphatic heterocycles. The highest BCUT2D eigenvalue weighted by atomic mass is 16.1. The normalized spacial score (nSPS) is 29.0. The van der Waals surface area contributed by atoms with Crippen LogP contribution in [0.2, 0.25) is 0 Å². The molecule has 1 aliphatic rings. The highest BCUT2D eigenvalue weighted by Crippen LogP contribution is 2.42. The summed E-state index contributed by atoms with van der Waals surface area (Å²) in [6, 6.07) is 0. The quantitative estimate of drug-likeness (QED) is 0.535. The average Bonchev–Trinajstić information content (AvgIpc) is 2.56. The van der Waals surface area contributed by atoms with Crippen molar-refractivity contribution < 1.29 is 6.17 Å². The van der Waals surface area contributed by atoms with E-state index in [9.17, 15) is 4.79 Å². The molecule has 0 aromatic heterocycles. The molecule has 104 valence electrons. The summed E-state index contributed by atoms with van der Waals surface area (Å²) in [6.07, 6.45) is 7.66. The number of hydrogen-bond acceptors (Lipinski definition) is 1. The number of hydrogen-bond donors (Lipinski definition) is 0. The molecular formula is C17H30O. The van der Waals surface area contributed by atoms with Gasteiger partial charge in [-0.25, -0.2) is 0 Å². The fourth-order valence-electron chi connectivity index (χ4n) is 3.20. The minimum Gasteiger partial charge on any atom is -0.298 e. The molecule has 0 bridgehead atoms. The number of rotatable bonds is 8. The van der Waals surface area contributed by atoms with Crippen molar-refractivity contribution in [2.45, 2.75) is 79.1 Å². The minimum atomic E-state index is -0.894. The van der Waals surface area contributed by atoms with E-state index in [4.69, 9.17) is 1.37 Å². The van der Waals surface area contributed by atoms with Crippen LogP contribution in [-0.2, 0) is 4.79 Å². The van der Waals surface area contributed by atoms with Crippen molar-refractivity contribution in [3.63, 3.8) is 0 Å². The van der Waals surface area contributed by atoms with Crippen LogP contribution in [0.4, 0.5) is 0 Å². The Morgan fingerprint density at radius 2 is 1.44 bits per heavy atom. The van der Waals surface area contributed by atoms with Crippen molar-refractivity contribution in [1.82, 2.24) is 0 Å². The molecule has 0 unspecified atom stereocenters. The molecule has 0 radical (unpaired) electrons. The zero-order valence-electron chi connectivity index (χ0n) is 13.6.